The molecule has 2 fully saturated rings. The van der Waals surface area contributed by atoms with Gasteiger partial charge < -0.3 is 10.1 Å². The molecule has 1 aromatic carbocycles. The lowest BCUT2D eigenvalue weighted by Gasteiger charge is -2.41. The van der Waals surface area contributed by atoms with Gasteiger partial charge in [-0.3, -0.25) is 4.90 Å². The van der Waals surface area contributed by atoms with Crippen LogP contribution < -0.4 is 10.1 Å². The molecule has 2 aliphatic rings. The number of nitrogens with one attached hydrogen (secondary N) is 1. The van der Waals surface area contributed by atoms with Crippen molar-refractivity contribution in [3.8, 4) is 5.75 Å². The lowest BCUT2D eigenvalue weighted by Crippen LogP contribution is -2.51. The fraction of sp³-hybridized carbons (Fsp3) is 0.625. The Kier molecular flexibility index (Phi) is 4.22. The third-order valence-electron chi connectivity index (χ3n) is 4.63. The molecule has 2 saturated heterocycles. The maximum Gasteiger partial charge on any atom is 0.169 e. The van der Waals surface area contributed by atoms with Crippen LogP contribution in [-0.4, -0.2) is 37.7 Å². The summed E-state index contributed by atoms with van der Waals surface area (Å²) >= 11 is 0. The van der Waals surface area contributed by atoms with E-state index in [0.717, 1.165) is 31.1 Å². The van der Waals surface area contributed by atoms with E-state index in [4.69, 9.17) is 4.74 Å². The predicted molar refractivity (Wildman–Crippen MR) is 77.4 cm³/mol. The van der Waals surface area contributed by atoms with Crippen molar-refractivity contribution in [2.75, 3.05) is 26.7 Å². The van der Waals surface area contributed by atoms with Gasteiger partial charge in [-0.1, -0.05) is 12.1 Å². The molecule has 0 radical (unpaired) electrons. The summed E-state index contributed by atoms with van der Waals surface area (Å²) in [5.74, 6) is 0.863. The van der Waals surface area contributed by atoms with Gasteiger partial charge in [0.25, 0.3) is 0 Å². The topological polar surface area (TPSA) is 24.5 Å². The predicted octanol–water partition coefficient (Wildman–Crippen LogP) is 2.41. The van der Waals surface area contributed by atoms with Gasteiger partial charge in [-0.25, -0.2) is 4.39 Å². The lowest BCUT2D eigenvalue weighted by molar-refractivity contribution is 0.108. The maximum atomic E-state index is 14.2. The van der Waals surface area contributed by atoms with Gasteiger partial charge in [0.2, 0.25) is 0 Å². The minimum Gasteiger partial charge on any atom is -0.494 e. The van der Waals surface area contributed by atoms with E-state index in [-0.39, 0.29) is 5.82 Å². The van der Waals surface area contributed by atoms with E-state index in [9.17, 15) is 4.39 Å². The van der Waals surface area contributed by atoms with Gasteiger partial charge in [-0.15, -0.1) is 0 Å². The molecule has 2 aliphatic heterocycles. The molecule has 1 N–H and O–H groups in total. The molecule has 0 aliphatic carbocycles. The van der Waals surface area contributed by atoms with Crippen molar-refractivity contribution >= 4 is 0 Å². The number of nitrogens with zero attached hydrogens (tertiary/aromatic N) is 1. The normalized spacial score (nSPS) is 27.1. The summed E-state index contributed by atoms with van der Waals surface area (Å²) < 4.78 is 19.3. The van der Waals surface area contributed by atoms with Crippen molar-refractivity contribution < 1.29 is 9.13 Å². The number of rotatable bonds is 3. The van der Waals surface area contributed by atoms with Gasteiger partial charge in [-0.05, 0) is 44.3 Å². The first-order valence-electron chi connectivity index (χ1n) is 7.55. The molecule has 0 aromatic heterocycles. The average molecular weight is 278 g/mol. The van der Waals surface area contributed by atoms with Crippen LogP contribution in [0.4, 0.5) is 4.39 Å². The van der Waals surface area contributed by atoms with Crippen molar-refractivity contribution in [1.82, 2.24) is 10.2 Å². The van der Waals surface area contributed by atoms with Crippen LogP contribution in [0, 0.1) is 11.7 Å². The third-order valence-corrected chi connectivity index (χ3v) is 4.63. The maximum absolute atomic E-state index is 14.2. The summed E-state index contributed by atoms with van der Waals surface area (Å²) in [4.78, 5) is 2.38. The summed E-state index contributed by atoms with van der Waals surface area (Å²) in [6.07, 6.45) is 3.74. The third kappa shape index (κ3) is 2.81. The number of piperidine rings is 2. The molecule has 0 bridgehead atoms. The van der Waals surface area contributed by atoms with Crippen LogP contribution in [0.5, 0.6) is 5.75 Å². The zero-order chi connectivity index (χ0) is 13.9. The summed E-state index contributed by atoms with van der Waals surface area (Å²) in [7, 11) is 1.52. The summed E-state index contributed by atoms with van der Waals surface area (Å²) in [6, 6.07) is 6.08. The fourth-order valence-electron chi connectivity index (χ4n) is 3.54. The van der Waals surface area contributed by atoms with Crippen molar-refractivity contribution in [3.05, 3.63) is 29.6 Å². The van der Waals surface area contributed by atoms with E-state index in [1.807, 2.05) is 12.1 Å². The van der Waals surface area contributed by atoms with Crippen LogP contribution in [0.3, 0.4) is 0 Å². The Morgan fingerprint density at radius 3 is 3.15 bits per heavy atom. The molecule has 0 saturated carbocycles. The highest BCUT2D eigenvalue weighted by molar-refractivity contribution is 5.31. The molecule has 0 amide bonds. The second-order valence-electron chi connectivity index (χ2n) is 5.92. The molecular formula is C16H23FN2O. The van der Waals surface area contributed by atoms with E-state index in [1.165, 1.54) is 26.4 Å². The van der Waals surface area contributed by atoms with Gasteiger partial charge in [-0.2, -0.15) is 0 Å². The molecule has 20 heavy (non-hydrogen) atoms. The minimum absolute atomic E-state index is 0.209. The number of hydrogen-bond acceptors (Lipinski definition) is 3. The van der Waals surface area contributed by atoms with Gasteiger partial charge in [0, 0.05) is 24.7 Å². The van der Waals surface area contributed by atoms with Crippen molar-refractivity contribution in [3.63, 3.8) is 0 Å². The molecule has 3 rings (SSSR count). The minimum atomic E-state index is -0.209. The van der Waals surface area contributed by atoms with Gasteiger partial charge in [0.15, 0.2) is 11.6 Å². The van der Waals surface area contributed by atoms with Crippen LogP contribution in [-0.2, 0) is 6.54 Å². The molecule has 1 aromatic rings. The first kappa shape index (κ1) is 13.8. The second-order valence-corrected chi connectivity index (χ2v) is 5.92. The van der Waals surface area contributed by atoms with Crippen LogP contribution in [0.15, 0.2) is 18.2 Å². The van der Waals surface area contributed by atoms with Gasteiger partial charge in [0.1, 0.15) is 0 Å². The van der Waals surface area contributed by atoms with E-state index in [1.54, 1.807) is 6.07 Å². The number of fused-ring (bicyclic) bond motifs is 1. The van der Waals surface area contributed by atoms with Crippen LogP contribution in [0.25, 0.3) is 0 Å². The standard InChI is InChI=1S/C16H23FN2O/c1-20-15-6-2-4-13(16(15)17)11-19-9-7-14-12(10-19)5-3-8-18-14/h2,4,6,12,14,18H,3,5,7-11H2,1H3/t12-,14+/m1/s1. The lowest BCUT2D eigenvalue weighted by atomic mass is 9.85. The first-order chi connectivity index (χ1) is 9.78. The second kappa shape index (κ2) is 6.10. The average Bonchev–Trinajstić information content (AvgIpc) is 2.49. The Balaban J connectivity index is 1.66. The van der Waals surface area contributed by atoms with Crippen LogP contribution in [0.1, 0.15) is 24.8 Å². The zero-order valence-corrected chi connectivity index (χ0v) is 12.1. The Morgan fingerprint density at radius 1 is 1.40 bits per heavy atom. The van der Waals surface area contributed by atoms with Gasteiger partial charge in [0.05, 0.1) is 7.11 Å². The summed E-state index contributed by atoms with van der Waals surface area (Å²) in [5.41, 5.74) is 0.742. The molecule has 3 nitrogen and oxygen atoms in total. The van der Waals surface area contributed by atoms with Crippen LogP contribution in [0.2, 0.25) is 0 Å². The van der Waals surface area contributed by atoms with Crippen LogP contribution >= 0.6 is 0 Å². The highest BCUT2D eigenvalue weighted by atomic mass is 19.1. The Bertz CT molecular complexity index is 466. The van der Waals surface area contributed by atoms with Gasteiger partial charge >= 0.3 is 0 Å². The Labute approximate surface area is 120 Å². The molecule has 4 heteroatoms. The largest absolute Gasteiger partial charge is 0.494 e. The molecule has 0 unspecified atom stereocenters. The molecule has 0 spiro atoms. The fourth-order valence-corrected chi connectivity index (χ4v) is 3.54. The van der Waals surface area contributed by atoms with Crippen molar-refractivity contribution in [2.45, 2.75) is 31.8 Å². The number of methoxy groups -OCH3 is 1. The summed E-state index contributed by atoms with van der Waals surface area (Å²) in [6.45, 7) is 3.97. The highest BCUT2D eigenvalue weighted by Gasteiger charge is 2.31. The van der Waals surface area contributed by atoms with E-state index < -0.39 is 0 Å². The monoisotopic (exact) mass is 278 g/mol. The SMILES string of the molecule is COc1cccc(CN2CC[C@@H]3NCCC[C@@H]3C2)c1F. The number of likely N-dealkylation sites (tertiary alicyclic amines) is 1. The van der Waals surface area contributed by atoms with Crippen molar-refractivity contribution in [1.29, 1.82) is 0 Å². The molecule has 2 heterocycles. The number of hydrogen-bond donors (Lipinski definition) is 1. The number of halogens is 1. The smallest absolute Gasteiger partial charge is 0.169 e. The Hall–Kier alpha value is -1.13. The van der Waals surface area contributed by atoms with E-state index in [2.05, 4.69) is 10.2 Å². The number of ether oxygens (including phenoxy) is 1. The molecular weight excluding hydrogens is 255 g/mol. The van der Waals surface area contributed by atoms with E-state index in [0.29, 0.717) is 18.3 Å². The summed E-state index contributed by atoms with van der Waals surface area (Å²) in [5, 5.41) is 3.61. The highest BCUT2D eigenvalue weighted by Crippen LogP contribution is 2.27. The van der Waals surface area contributed by atoms with Crippen molar-refractivity contribution in [2.24, 2.45) is 5.92 Å². The quantitative estimate of drug-likeness (QED) is 0.919. The Morgan fingerprint density at radius 2 is 2.30 bits per heavy atom. The molecule has 2 atom stereocenters. The molecule has 110 valence electrons. The first-order valence-corrected chi connectivity index (χ1v) is 7.55. The zero-order valence-electron chi connectivity index (χ0n) is 12.1. The number of benzene rings is 1. The van der Waals surface area contributed by atoms with E-state index >= 15 is 0 Å².